The zero-order chi connectivity index (χ0) is 19.1. The summed E-state index contributed by atoms with van der Waals surface area (Å²) in [7, 11) is 0. The molecule has 0 bridgehead atoms. The maximum atomic E-state index is 14.1. The third kappa shape index (κ3) is 3.82. The van der Waals surface area contributed by atoms with Crippen LogP contribution in [-0.2, 0) is 4.74 Å². The molecule has 1 aromatic carbocycles. The molecule has 3 rings (SSSR count). The lowest BCUT2D eigenvalue weighted by atomic mass is 10.2. The van der Waals surface area contributed by atoms with Crippen LogP contribution in [-0.4, -0.2) is 44.0 Å². The van der Waals surface area contributed by atoms with Gasteiger partial charge >= 0.3 is 11.8 Å². The summed E-state index contributed by atoms with van der Waals surface area (Å²) in [5.41, 5.74) is -0.888. The van der Waals surface area contributed by atoms with Gasteiger partial charge in [-0.25, -0.2) is 23.2 Å². The normalized spacial score (nSPS) is 17.6. The molecule has 0 spiro atoms. The molecule has 0 radical (unpaired) electrons. The van der Waals surface area contributed by atoms with Gasteiger partial charge in [-0.1, -0.05) is 15.9 Å². The molecule has 9 heteroatoms. The van der Waals surface area contributed by atoms with Crippen LogP contribution in [0.2, 0.25) is 0 Å². The van der Waals surface area contributed by atoms with Crippen LogP contribution in [0, 0.1) is 5.82 Å². The van der Waals surface area contributed by atoms with Crippen molar-refractivity contribution in [3.63, 3.8) is 0 Å². The van der Waals surface area contributed by atoms with Crippen molar-refractivity contribution in [2.75, 3.05) is 13.1 Å². The number of hydrogen-bond acceptors (Lipinski definition) is 4. The first-order chi connectivity index (χ1) is 12.2. The largest absolute Gasteiger partial charge is 0.444 e. The predicted molar refractivity (Wildman–Crippen MR) is 96.9 cm³/mol. The number of rotatable bonds is 2. The summed E-state index contributed by atoms with van der Waals surface area (Å²) in [6, 6.07) is 4.19. The summed E-state index contributed by atoms with van der Waals surface area (Å²) in [6.07, 6.45) is 1.47. The highest BCUT2D eigenvalue weighted by atomic mass is 79.9. The molecule has 26 heavy (non-hydrogen) atoms. The average Bonchev–Trinajstić information content (AvgIpc) is 3.13. The Morgan fingerprint density at radius 3 is 2.77 bits per heavy atom. The maximum Gasteiger partial charge on any atom is 0.410 e. The second-order valence-electron chi connectivity index (χ2n) is 7.19. The van der Waals surface area contributed by atoms with Gasteiger partial charge in [0.05, 0.1) is 11.7 Å². The molecule has 7 nitrogen and oxygen atoms in total. The second-order valence-corrected chi connectivity index (χ2v) is 8.11. The van der Waals surface area contributed by atoms with Gasteiger partial charge in [0.1, 0.15) is 17.7 Å². The smallest absolute Gasteiger partial charge is 0.410 e. The Kier molecular flexibility index (Phi) is 4.92. The molecule has 1 amide bonds. The molecule has 140 valence electrons. The third-order valence-electron chi connectivity index (χ3n) is 4.02. The quantitative estimate of drug-likeness (QED) is 0.739. The molecule has 0 N–H and O–H groups in total. The van der Waals surface area contributed by atoms with Gasteiger partial charge in [-0.3, -0.25) is 0 Å². The van der Waals surface area contributed by atoms with Gasteiger partial charge in [0.15, 0.2) is 0 Å². The molecule has 0 aliphatic carbocycles. The highest BCUT2D eigenvalue weighted by molar-refractivity contribution is 9.10. The molecule has 1 aromatic heterocycles. The van der Waals surface area contributed by atoms with E-state index in [-0.39, 0.29) is 11.7 Å². The summed E-state index contributed by atoms with van der Waals surface area (Å²) in [4.78, 5) is 26.4. The molecule has 1 aliphatic heterocycles. The Bertz CT molecular complexity index is 887. The Morgan fingerprint density at radius 1 is 1.38 bits per heavy atom. The van der Waals surface area contributed by atoms with Gasteiger partial charge in [0.2, 0.25) is 0 Å². The zero-order valence-electron chi connectivity index (χ0n) is 14.8. The highest BCUT2D eigenvalue weighted by Crippen LogP contribution is 2.22. The van der Waals surface area contributed by atoms with E-state index in [1.54, 1.807) is 31.7 Å². The van der Waals surface area contributed by atoms with Crippen molar-refractivity contribution in [1.29, 1.82) is 0 Å². The van der Waals surface area contributed by atoms with Gasteiger partial charge in [0.25, 0.3) is 0 Å². The number of halogens is 2. The first kappa shape index (κ1) is 18.6. The molecular formula is C17H20BrFN4O3. The van der Waals surface area contributed by atoms with Crippen molar-refractivity contribution in [2.45, 2.75) is 38.8 Å². The van der Waals surface area contributed by atoms with Crippen molar-refractivity contribution >= 4 is 22.0 Å². The number of ether oxygens (including phenoxy) is 1. The number of benzene rings is 1. The number of carbonyl (C=O) groups excluding carboxylic acids is 1. The molecule has 1 fully saturated rings. The molecule has 1 saturated heterocycles. The predicted octanol–water partition coefficient (Wildman–Crippen LogP) is 3.12. The summed E-state index contributed by atoms with van der Waals surface area (Å²) < 4.78 is 22.5. The Balaban J connectivity index is 1.79. The van der Waals surface area contributed by atoms with Crippen molar-refractivity contribution in [3.8, 4) is 5.69 Å². The number of aromatic nitrogens is 3. The second kappa shape index (κ2) is 6.86. The Hall–Kier alpha value is -2.16. The standard InChI is InChI=1S/C17H20BrFN4O3/c1-17(2,3)26-16(25)21-7-6-12(9-21)23-15(24)22(10-20-23)14-5-4-11(18)8-13(14)19/h4-5,8,10,12H,6-7,9H2,1-3H3/t12-/m1/s1. The summed E-state index contributed by atoms with van der Waals surface area (Å²) in [6.45, 7) is 6.21. The first-order valence-electron chi connectivity index (χ1n) is 8.25. The van der Waals surface area contributed by atoms with Crippen molar-refractivity contribution in [3.05, 3.63) is 45.3 Å². The van der Waals surface area contributed by atoms with E-state index in [4.69, 9.17) is 4.74 Å². The van der Waals surface area contributed by atoms with Gasteiger partial charge in [-0.15, -0.1) is 0 Å². The van der Waals surface area contributed by atoms with Crippen LogP contribution in [0.15, 0.2) is 33.8 Å². The van der Waals surface area contributed by atoms with Crippen LogP contribution in [0.3, 0.4) is 0 Å². The van der Waals surface area contributed by atoms with Crippen LogP contribution in [0.5, 0.6) is 0 Å². The Labute approximate surface area is 158 Å². The zero-order valence-corrected chi connectivity index (χ0v) is 16.4. The molecule has 2 heterocycles. The van der Waals surface area contributed by atoms with E-state index in [0.717, 1.165) is 4.57 Å². The van der Waals surface area contributed by atoms with Gasteiger partial charge in [-0.05, 0) is 45.4 Å². The average molecular weight is 427 g/mol. The minimum absolute atomic E-state index is 0.131. The summed E-state index contributed by atoms with van der Waals surface area (Å²) >= 11 is 3.19. The molecule has 0 unspecified atom stereocenters. The molecule has 0 saturated carbocycles. The van der Waals surface area contributed by atoms with E-state index in [1.807, 2.05) is 0 Å². The van der Waals surface area contributed by atoms with E-state index in [9.17, 15) is 14.0 Å². The number of nitrogens with zero attached hydrogens (tertiary/aromatic N) is 4. The number of carbonyl (C=O) groups is 1. The Morgan fingerprint density at radius 2 is 2.12 bits per heavy atom. The lowest BCUT2D eigenvalue weighted by Crippen LogP contribution is -2.36. The highest BCUT2D eigenvalue weighted by Gasteiger charge is 2.32. The fourth-order valence-electron chi connectivity index (χ4n) is 2.84. The fraction of sp³-hybridized carbons (Fsp3) is 0.471. The van der Waals surface area contributed by atoms with Gasteiger partial charge in [0, 0.05) is 17.6 Å². The van der Waals surface area contributed by atoms with E-state index < -0.39 is 23.2 Å². The minimum Gasteiger partial charge on any atom is -0.444 e. The van der Waals surface area contributed by atoms with Crippen LogP contribution >= 0.6 is 15.9 Å². The third-order valence-corrected chi connectivity index (χ3v) is 4.52. The lowest BCUT2D eigenvalue weighted by Gasteiger charge is -2.24. The summed E-state index contributed by atoms with van der Waals surface area (Å²) in [5.74, 6) is -0.525. The number of likely N-dealkylation sites (tertiary alicyclic amines) is 1. The van der Waals surface area contributed by atoms with E-state index in [0.29, 0.717) is 24.0 Å². The van der Waals surface area contributed by atoms with Gasteiger partial charge < -0.3 is 9.64 Å². The van der Waals surface area contributed by atoms with Crippen LogP contribution < -0.4 is 5.69 Å². The van der Waals surface area contributed by atoms with E-state index >= 15 is 0 Å². The van der Waals surface area contributed by atoms with Crippen LogP contribution in [0.4, 0.5) is 9.18 Å². The van der Waals surface area contributed by atoms with Crippen molar-refractivity contribution in [1.82, 2.24) is 19.2 Å². The minimum atomic E-state index is -0.577. The number of hydrogen-bond donors (Lipinski definition) is 0. The molecule has 2 aromatic rings. The lowest BCUT2D eigenvalue weighted by molar-refractivity contribution is 0.0288. The van der Waals surface area contributed by atoms with Gasteiger partial charge in [-0.2, -0.15) is 5.10 Å². The van der Waals surface area contributed by atoms with Crippen molar-refractivity contribution in [2.24, 2.45) is 0 Å². The van der Waals surface area contributed by atoms with Crippen LogP contribution in [0.1, 0.15) is 33.2 Å². The molecule has 1 atom stereocenters. The fourth-order valence-corrected chi connectivity index (χ4v) is 3.18. The molecule has 1 aliphatic rings. The number of amides is 1. The SMILES string of the molecule is CC(C)(C)OC(=O)N1CC[C@@H](n2ncn(-c3ccc(Br)cc3F)c2=O)C1. The molecular weight excluding hydrogens is 407 g/mol. The van der Waals surface area contributed by atoms with E-state index in [2.05, 4.69) is 21.0 Å². The summed E-state index contributed by atoms with van der Waals surface area (Å²) in [5, 5.41) is 4.12. The van der Waals surface area contributed by atoms with Crippen molar-refractivity contribution < 1.29 is 13.9 Å². The van der Waals surface area contributed by atoms with Crippen LogP contribution in [0.25, 0.3) is 5.69 Å². The maximum absolute atomic E-state index is 14.1. The topological polar surface area (TPSA) is 69.4 Å². The first-order valence-corrected chi connectivity index (χ1v) is 9.04. The van der Waals surface area contributed by atoms with E-state index in [1.165, 1.54) is 23.1 Å². The monoisotopic (exact) mass is 426 g/mol.